The molecule has 4 rings (SSSR count). The first kappa shape index (κ1) is 22.8. The third-order valence-corrected chi connectivity index (χ3v) is 10.1. The molecule has 1 aromatic carbocycles. The molecule has 0 aromatic heterocycles. The first-order chi connectivity index (χ1) is 14.5. The predicted octanol–water partition coefficient (Wildman–Crippen LogP) is 6.84. The lowest BCUT2D eigenvalue weighted by molar-refractivity contribution is -0.0579. The average Bonchev–Trinajstić information content (AvgIpc) is 2.73. The van der Waals surface area contributed by atoms with Crippen LogP contribution in [0.15, 0.2) is 53.5 Å². The van der Waals surface area contributed by atoms with Gasteiger partial charge in [0, 0.05) is 5.41 Å². The number of rotatable bonds is 5. The highest BCUT2D eigenvalue weighted by atomic mass is 32.2. The molecule has 0 bridgehead atoms. The van der Waals surface area contributed by atoms with Gasteiger partial charge in [-0.2, -0.15) is 8.42 Å². The molecular formula is C27H38O3S. The highest BCUT2D eigenvalue weighted by Crippen LogP contribution is 2.65. The van der Waals surface area contributed by atoms with E-state index in [-0.39, 0.29) is 27.7 Å². The molecule has 4 heteroatoms. The molecule has 0 amide bonds. The summed E-state index contributed by atoms with van der Waals surface area (Å²) >= 11 is 0. The van der Waals surface area contributed by atoms with Crippen molar-refractivity contribution in [1.82, 2.24) is 0 Å². The second kappa shape index (κ2) is 7.88. The summed E-state index contributed by atoms with van der Waals surface area (Å²) in [5.41, 5.74) is 2.57. The summed E-state index contributed by atoms with van der Waals surface area (Å²) in [4.78, 5) is 0.252. The Kier molecular flexibility index (Phi) is 5.79. The summed E-state index contributed by atoms with van der Waals surface area (Å²) in [5, 5.41) is 0. The Balaban J connectivity index is 1.72. The van der Waals surface area contributed by atoms with Gasteiger partial charge in [0.15, 0.2) is 0 Å². The van der Waals surface area contributed by atoms with E-state index < -0.39 is 10.1 Å². The van der Waals surface area contributed by atoms with E-state index in [1.165, 1.54) is 12.0 Å². The van der Waals surface area contributed by atoms with Gasteiger partial charge < -0.3 is 0 Å². The Labute approximate surface area is 189 Å². The van der Waals surface area contributed by atoms with Gasteiger partial charge in [-0.15, -0.1) is 6.58 Å². The molecule has 1 aromatic rings. The summed E-state index contributed by atoms with van der Waals surface area (Å²) in [6.45, 7) is 13.5. The SMILES string of the molecule is C=C[C@@]1(C)CCC=C2[C@H]1CC[C@@H]1C(C)(C)CCC[C@@]21COS(=O)(=O)c1ccc(C)cc1. The second-order valence-electron chi connectivity index (χ2n) is 11.1. The van der Waals surface area contributed by atoms with Crippen LogP contribution in [0.1, 0.15) is 71.3 Å². The molecular weight excluding hydrogens is 404 g/mol. The number of aryl methyl sites for hydroxylation is 1. The quantitative estimate of drug-likeness (QED) is 0.370. The van der Waals surface area contributed by atoms with E-state index in [0.29, 0.717) is 11.8 Å². The van der Waals surface area contributed by atoms with Crippen LogP contribution in [-0.4, -0.2) is 15.0 Å². The van der Waals surface area contributed by atoms with E-state index in [0.717, 1.165) is 44.1 Å². The molecule has 0 unspecified atom stereocenters. The molecule has 0 heterocycles. The van der Waals surface area contributed by atoms with Gasteiger partial charge in [0.1, 0.15) is 0 Å². The number of benzene rings is 1. The lowest BCUT2D eigenvalue weighted by Gasteiger charge is -2.61. The molecule has 31 heavy (non-hydrogen) atoms. The van der Waals surface area contributed by atoms with Crippen LogP contribution >= 0.6 is 0 Å². The zero-order valence-corrected chi connectivity index (χ0v) is 20.4. The van der Waals surface area contributed by atoms with Crippen molar-refractivity contribution in [3.05, 3.63) is 54.1 Å². The number of fused-ring (bicyclic) bond motifs is 3. The number of allylic oxidation sites excluding steroid dienone is 2. The molecule has 0 aliphatic heterocycles. The molecule has 0 spiro atoms. The van der Waals surface area contributed by atoms with Crippen molar-refractivity contribution >= 4 is 10.1 Å². The zero-order chi connectivity index (χ0) is 22.5. The van der Waals surface area contributed by atoms with Crippen molar-refractivity contribution in [3.8, 4) is 0 Å². The summed E-state index contributed by atoms with van der Waals surface area (Å²) in [6.07, 6.45) is 12.4. The van der Waals surface area contributed by atoms with Crippen molar-refractivity contribution < 1.29 is 12.6 Å². The molecule has 3 aliphatic rings. The van der Waals surface area contributed by atoms with Crippen molar-refractivity contribution in [2.75, 3.05) is 6.61 Å². The highest BCUT2D eigenvalue weighted by Gasteiger charge is 2.58. The fourth-order valence-electron chi connectivity index (χ4n) is 7.00. The largest absolute Gasteiger partial charge is 0.297 e. The van der Waals surface area contributed by atoms with E-state index in [1.54, 1.807) is 12.1 Å². The molecule has 4 atom stereocenters. The summed E-state index contributed by atoms with van der Waals surface area (Å²) in [7, 11) is -3.79. The van der Waals surface area contributed by atoms with Gasteiger partial charge >= 0.3 is 0 Å². The minimum atomic E-state index is -3.79. The van der Waals surface area contributed by atoms with Crippen LogP contribution in [0.2, 0.25) is 0 Å². The van der Waals surface area contributed by atoms with E-state index in [9.17, 15) is 8.42 Å². The Morgan fingerprint density at radius 2 is 1.81 bits per heavy atom. The first-order valence-corrected chi connectivity index (χ1v) is 13.3. The third-order valence-electron chi connectivity index (χ3n) is 8.84. The molecule has 3 aliphatic carbocycles. The highest BCUT2D eigenvalue weighted by molar-refractivity contribution is 7.86. The van der Waals surface area contributed by atoms with Crippen LogP contribution in [-0.2, 0) is 14.3 Å². The third kappa shape index (κ3) is 3.84. The summed E-state index contributed by atoms with van der Waals surface area (Å²) in [5.74, 6) is 0.881. The fraction of sp³-hybridized carbons (Fsp3) is 0.630. The van der Waals surface area contributed by atoms with Crippen molar-refractivity contribution in [1.29, 1.82) is 0 Å². The van der Waals surface area contributed by atoms with Crippen molar-refractivity contribution in [3.63, 3.8) is 0 Å². The standard InChI is InChI=1S/C27H38O3S/c1-6-26(5)17-7-9-23-22(26)14-15-24-25(3,4)16-8-18-27(23,24)19-30-31(28,29)21-12-10-20(2)11-13-21/h6,9-13,22,24H,1,7-8,14-19H2,2-5H3/t22-,24-,26+,27-/m1/s1. The van der Waals surface area contributed by atoms with Gasteiger partial charge in [0.2, 0.25) is 0 Å². The van der Waals surface area contributed by atoms with Crippen molar-refractivity contribution in [2.24, 2.45) is 28.1 Å². The summed E-state index contributed by atoms with van der Waals surface area (Å²) in [6, 6.07) is 6.97. The normalized spacial score (nSPS) is 34.9. The first-order valence-electron chi connectivity index (χ1n) is 11.8. The molecule has 0 N–H and O–H groups in total. The monoisotopic (exact) mass is 442 g/mol. The topological polar surface area (TPSA) is 43.4 Å². The Morgan fingerprint density at radius 3 is 2.48 bits per heavy atom. The average molecular weight is 443 g/mol. The lowest BCUT2D eigenvalue weighted by Crippen LogP contribution is -2.54. The van der Waals surface area contributed by atoms with Gasteiger partial charge in [-0.25, -0.2) is 0 Å². The maximum absolute atomic E-state index is 13.1. The number of hydrogen-bond acceptors (Lipinski definition) is 3. The van der Waals surface area contributed by atoms with Gasteiger partial charge in [0.25, 0.3) is 10.1 Å². The smallest absolute Gasteiger partial charge is 0.265 e. The van der Waals surface area contributed by atoms with E-state index in [1.807, 2.05) is 19.1 Å². The molecule has 2 fully saturated rings. The Bertz CT molecular complexity index is 972. The van der Waals surface area contributed by atoms with Gasteiger partial charge in [-0.1, -0.05) is 62.6 Å². The van der Waals surface area contributed by atoms with Gasteiger partial charge in [0.05, 0.1) is 11.5 Å². The Morgan fingerprint density at radius 1 is 1.10 bits per heavy atom. The van der Waals surface area contributed by atoms with Crippen LogP contribution in [0.25, 0.3) is 0 Å². The second-order valence-corrected chi connectivity index (χ2v) is 12.7. The molecule has 0 saturated heterocycles. The van der Waals surface area contributed by atoms with E-state index in [2.05, 4.69) is 39.5 Å². The van der Waals surface area contributed by atoms with Gasteiger partial charge in [-0.05, 0) is 80.2 Å². The van der Waals surface area contributed by atoms with E-state index in [4.69, 9.17) is 4.18 Å². The maximum atomic E-state index is 13.1. The fourth-order valence-corrected chi connectivity index (χ4v) is 7.97. The van der Waals surface area contributed by atoms with Crippen LogP contribution in [0.3, 0.4) is 0 Å². The molecule has 2 saturated carbocycles. The molecule has 3 nitrogen and oxygen atoms in total. The van der Waals surface area contributed by atoms with Crippen LogP contribution in [0.4, 0.5) is 0 Å². The summed E-state index contributed by atoms with van der Waals surface area (Å²) < 4.78 is 32.1. The van der Waals surface area contributed by atoms with E-state index >= 15 is 0 Å². The predicted molar refractivity (Wildman–Crippen MR) is 126 cm³/mol. The molecule has 0 radical (unpaired) electrons. The van der Waals surface area contributed by atoms with Crippen LogP contribution < -0.4 is 0 Å². The number of hydrogen-bond donors (Lipinski definition) is 0. The lowest BCUT2D eigenvalue weighted by atomic mass is 9.44. The molecule has 170 valence electrons. The van der Waals surface area contributed by atoms with Crippen LogP contribution in [0, 0.1) is 35.0 Å². The maximum Gasteiger partial charge on any atom is 0.297 e. The van der Waals surface area contributed by atoms with Crippen molar-refractivity contribution in [2.45, 2.75) is 77.5 Å². The van der Waals surface area contributed by atoms with Crippen LogP contribution in [0.5, 0.6) is 0 Å². The minimum absolute atomic E-state index is 0.0828. The van der Waals surface area contributed by atoms with Gasteiger partial charge in [-0.3, -0.25) is 4.18 Å². The zero-order valence-electron chi connectivity index (χ0n) is 19.6. The minimum Gasteiger partial charge on any atom is -0.265 e. The Hall–Kier alpha value is -1.39.